The molecule has 0 unspecified atom stereocenters. The molecule has 0 atom stereocenters. The van der Waals surface area contributed by atoms with Crippen molar-refractivity contribution in [2.45, 2.75) is 6.92 Å². The van der Waals surface area contributed by atoms with E-state index in [1.807, 2.05) is 33.0 Å². The summed E-state index contributed by atoms with van der Waals surface area (Å²) in [5.41, 5.74) is 0.0305. The highest BCUT2D eigenvalue weighted by molar-refractivity contribution is 5.61. The van der Waals surface area contributed by atoms with Gasteiger partial charge in [-0.05, 0) is 27.1 Å². The minimum Gasteiger partial charge on any atom is -0.370 e. The predicted octanol–water partition coefficient (Wildman–Crippen LogP) is 1.42. The van der Waals surface area contributed by atoms with Gasteiger partial charge in [0, 0.05) is 32.7 Å². The molecule has 0 amide bonds. The molecular formula is C12H21N5O2. The fourth-order valence-electron chi connectivity index (χ4n) is 1.60. The number of nitrogens with one attached hydrogen (secondary N) is 1. The number of anilines is 2. The van der Waals surface area contributed by atoms with Crippen LogP contribution >= 0.6 is 0 Å². The van der Waals surface area contributed by atoms with Crippen LogP contribution in [0.2, 0.25) is 0 Å². The maximum absolute atomic E-state index is 11.0. The lowest BCUT2D eigenvalue weighted by atomic mass is 10.3. The first kappa shape index (κ1) is 15.2. The van der Waals surface area contributed by atoms with Crippen LogP contribution in [-0.4, -0.2) is 55.6 Å². The largest absolute Gasteiger partial charge is 0.370 e. The van der Waals surface area contributed by atoms with Crippen molar-refractivity contribution in [1.82, 2.24) is 9.88 Å². The summed E-state index contributed by atoms with van der Waals surface area (Å²) in [5.74, 6) is 1.05. The number of nitrogens with zero attached hydrogens (tertiary/aromatic N) is 4. The third-order valence-electron chi connectivity index (χ3n) is 2.65. The molecule has 0 saturated carbocycles. The van der Waals surface area contributed by atoms with E-state index in [-0.39, 0.29) is 5.69 Å². The highest BCUT2D eigenvalue weighted by Gasteiger charge is 2.19. The first-order valence-electron chi connectivity index (χ1n) is 6.21. The average molecular weight is 267 g/mol. The molecule has 0 saturated heterocycles. The lowest BCUT2D eigenvalue weighted by molar-refractivity contribution is -0.384. The maximum Gasteiger partial charge on any atom is 0.311 e. The van der Waals surface area contributed by atoms with E-state index in [1.54, 1.807) is 11.0 Å². The molecule has 0 aliphatic carbocycles. The van der Waals surface area contributed by atoms with E-state index < -0.39 is 4.92 Å². The van der Waals surface area contributed by atoms with Crippen LogP contribution in [0.1, 0.15) is 6.92 Å². The average Bonchev–Trinajstić information content (AvgIpc) is 2.36. The van der Waals surface area contributed by atoms with Crippen LogP contribution in [0.4, 0.5) is 17.3 Å². The van der Waals surface area contributed by atoms with Crippen molar-refractivity contribution in [3.63, 3.8) is 0 Å². The Bertz CT molecular complexity index is 436. The summed E-state index contributed by atoms with van der Waals surface area (Å²) in [4.78, 5) is 18.8. The summed E-state index contributed by atoms with van der Waals surface area (Å²) >= 11 is 0. The van der Waals surface area contributed by atoms with Crippen molar-refractivity contribution < 1.29 is 4.92 Å². The Morgan fingerprint density at radius 2 is 2.00 bits per heavy atom. The Labute approximate surface area is 113 Å². The third kappa shape index (κ3) is 4.36. The van der Waals surface area contributed by atoms with Gasteiger partial charge in [-0.3, -0.25) is 10.1 Å². The van der Waals surface area contributed by atoms with E-state index >= 15 is 0 Å². The van der Waals surface area contributed by atoms with Crippen LogP contribution < -0.4 is 10.2 Å². The summed E-state index contributed by atoms with van der Waals surface area (Å²) in [7, 11) is 5.74. The number of hydrogen-bond acceptors (Lipinski definition) is 6. The fourth-order valence-corrected chi connectivity index (χ4v) is 1.60. The fraction of sp³-hybridized carbons (Fsp3) is 0.583. The molecule has 7 heteroatoms. The van der Waals surface area contributed by atoms with Gasteiger partial charge in [0.15, 0.2) is 0 Å². The molecule has 0 radical (unpaired) electrons. The second-order valence-corrected chi connectivity index (χ2v) is 4.55. The van der Waals surface area contributed by atoms with E-state index in [4.69, 9.17) is 0 Å². The van der Waals surface area contributed by atoms with Crippen molar-refractivity contribution in [2.24, 2.45) is 0 Å². The summed E-state index contributed by atoms with van der Waals surface area (Å²) in [6.07, 6.45) is 0. The molecule has 1 heterocycles. The molecule has 0 bridgehead atoms. The second-order valence-electron chi connectivity index (χ2n) is 4.55. The zero-order chi connectivity index (χ0) is 14.4. The van der Waals surface area contributed by atoms with Crippen molar-refractivity contribution in [1.29, 1.82) is 0 Å². The normalized spacial score (nSPS) is 10.6. The lowest BCUT2D eigenvalue weighted by Crippen LogP contribution is -2.29. The molecule has 1 aromatic heterocycles. The maximum atomic E-state index is 11.0. The summed E-state index contributed by atoms with van der Waals surface area (Å²) < 4.78 is 0. The molecule has 106 valence electrons. The highest BCUT2D eigenvalue weighted by atomic mass is 16.6. The van der Waals surface area contributed by atoms with Gasteiger partial charge < -0.3 is 15.1 Å². The van der Waals surface area contributed by atoms with Crippen LogP contribution in [0.15, 0.2) is 12.1 Å². The number of nitro groups is 1. The van der Waals surface area contributed by atoms with Gasteiger partial charge >= 0.3 is 5.69 Å². The quantitative estimate of drug-likeness (QED) is 0.595. The number of likely N-dealkylation sites (N-methyl/N-ethyl adjacent to an activating group) is 2. The number of aromatic nitrogens is 1. The minimum atomic E-state index is -0.399. The van der Waals surface area contributed by atoms with Gasteiger partial charge in [-0.25, -0.2) is 4.98 Å². The lowest BCUT2D eigenvalue weighted by Gasteiger charge is -2.20. The Hall–Kier alpha value is -1.89. The van der Waals surface area contributed by atoms with Gasteiger partial charge in [0.05, 0.1) is 4.92 Å². The van der Waals surface area contributed by atoms with Crippen LogP contribution in [0.25, 0.3) is 0 Å². The molecular weight excluding hydrogens is 246 g/mol. The number of rotatable bonds is 7. The van der Waals surface area contributed by atoms with Crippen LogP contribution in [0, 0.1) is 10.1 Å². The first-order chi connectivity index (χ1) is 8.95. The summed E-state index contributed by atoms with van der Waals surface area (Å²) in [6, 6.07) is 3.12. The summed E-state index contributed by atoms with van der Waals surface area (Å²) in [6.45, 7) is 4.17. The van der Waals surface area contributed by atoms with Crippen LogP contribution in [-0.2, 0) is 0 Å². The van der Waals surface area contributed by atoms with Gasteiger partial charge in [0.25, 0.3) is 0 Å². The predicted molar refractivity (Wildman–Crippen MR) is 76.9 cm³/mol. The standard InChI is InChI=1S/C12H21N5O2/c1-5-13-11-7-6-10(17(18)19)12(14-11)16(4)9-8-15(2)3/h6-7H,5,8-9H2,1-4H3,(H,13,14). The Morgan fingerprint density at radius 1 is 1.32 bits per heavy atom. The van der Waals surface area contributed by atoms with E-state index in [2.05, 4.69) is 10.3 Å². The SMILES string of the molecule is CCNc1ccc([N+](=O)[O-])c(N(C)CCN(C)C)n1. The molecule has 1 N–H and O–H groups in total. The summed E-state index contributed by atoms with van der Waals surface area (Å²) in [5, 5.41) is 14.1. The third-order valence-corrected chi connectivity index (χ3v) is 2.65. The Morgan fingerprint density at radius 3 is 2.53 bits per heavy atom. The molecule has 0 aromatic carbocycles. The zero-order valence-electron chi connectivity index (χ0n) is 11.9. The van der Waals surface area contributed by atoms with E-state index in [1.165, 1.54) is 6.07 Å². The topological polar surface area (TPSA) is 74.5 Å². The monoisotopic (exact) mass is 267 g/mol. The molecule has 0 spiro atoms. The molecule has 0 fully saturated rings. The molecule has 0 aliphatic rings. The van der Waals surface area contributed by atoms with Gasteiger partial charge in [0.2, 0.25) is 5.82 Å². The number of pyridine rings is 1. The van der Waals surface area contributed by atoms with Crippen molar-refractivity contribution in [2.75, 3.05) is 51.0 Å². The van der Waals surface area contributed by atoms with Crippen LogP contribution in [0.3, 0.4) is 0 Å². The minimum absolute atomic E-state index is 0.0305. The number of hydrogen-bond donors (Lipinski definition) is 1. The van der Waals surface area contributed by atoms with E-state index in [9.17, 15) is 10.1 Å². The Kier molecular flexibility index (Phi) is 5.50. The smallest absolute Gasteiger partial charge is 0.311 e. The van der Waals surface area contributed by atoms with Gasteiger partial charge in [-0.15, -0.1) is 0 Å². The highest BCUT2D eigenvalue weighted by Crippen LogP contribution is 2.26. The first-order valence-corrected chi connectivity index (χ1v) is 6.21. The van der Waals surface area contributed by atoms with E-state index in [0.717, 1.165) is 13.1 Å². The van der Waals surface area contributed by atoms with Gasteiger partial charge in [-0.2, -0.15) is 0 Å². The van der Waals surface area contributed by atoms with Crippen molar-refractivity contribution >= 4 is 17.3 Å². The van der Waals surface area contributed by atoms with Gasteiger partial charge in [-0.1, -0.05) is 0 Å². The van der Waals surface area contributed by atoms with Gasteiger partial charge in [0.1, 0.15) is 5.82 Å². The second kappa shape index (κ2) is 6.89. The van der Waals surface area contributed by atoms with E-state index in [0.29, 0.717) is 18.2 Å². The Balaban J connectivity index is 2.99. The van der Waals surface area contributed by atoms with Crippen molar-refractivity contribution in [3.05, 3.63) is 22.2 Å². The molecule has 1 aromatic rings. The van der Waals surface area contributed by atoms with Crippen molar-refractivity contribution in [3.8, 4) is 0 Å². The van der Waals surface area contributed by atoms with Crippen LogP contribution in [0.5, 0.6) is 0 Å². The molecule has 0 aliphatic heterocycles. The zero-order valence-corrected chi connectivity index (χ0v) is 11.9. The molecule has 1 rings (SSSR count). The molecule has 7 nitrogen and oxygen atoms in total. The molecule has 19 heavy (non-hydrogen) atoms.